The highest BCUT2D eigenvalue weighted by atomic mass is 19.1. The van der Waals surface area contributed by atoms with Gasteiger partial charge < -0.3 is 14.8 Å². The molecule has 5 heteroatoms. The quantitative estimate of drug-likeness (QED) is 0.883. The van der Waals surface area contributed by atoms with E-state index in [-0.39, 0.29) is 11.6 Å². The lowest BCUT2D eigenvalue weighted by Gasteiger charge is -2.13. The van der Waals surface area contributed by atoms with Crippen molar-refractivity contribution >= 4 is 5.97 Å². The fourth-order valence-corrected chi connectivity index (χ4v) is 2.30. The van der Waals surface area contributed by atoms with E-state index in [0.29, 0.717) is 12.1 Å². The number of hydrogen-bond donors (Lipinski definition) is 2. The van der Waals surface area contributed by atoms with E-state index in [1.54, 1.807) is 6.07 Å². The molecule has 1 heterocycles. The smallest absolute Gasteiger partial charge is 0.338 e. The summed E-state index contributed by atoms with van der Waals surface area (Å²) >= 11 is 0. The molecule has 0 radical (unpaired) electrons. The highest BCUT2D eigenvalue weighted by Gasteiger charge is 2.13. The summed E-state index contributed by atoms with van der Waals surface area (Å²) in [4.78, 5) is 10.8. The van der Waals surface area contributed by atoms with Gasteiger partial charge in [-0.15, -0.1) is 0 Å². The minimum absolute atomic E-state index is 0.0599. The Balaban J connectivity index is 2.04. The number of benzene rings is 1. The minimum Gasteiger partial charge on any atom is -0.478 e. The predicted octanol–water partition coefficient (Wildman–Crippen LogP) is 3.58. The first-order valence-corrected chi connectivity index (χ1v) is 6.70. The lowest BCUT2D eigenvalue weighted by Crippen LogP contribution is -2.18. The number of carboxylic acid groups (broad SMARTS) is 1. The van der Waals surface area contributed by atoms with E-state index in [2.05, 4.69) is 5.32 Å². The highest BCUT2D eigenvalue weighted by Crippen LogP contribution is 2.21. The van der Waals surface area contributed by atoms with Crippen LogP contribution in [0.4, 0.5) is 4.39 Å². The van der Waals surface area contributed by atoms with Crippen molar-refractivity contribution in [3.8, 4) is 0 Å². The molecule has 0 aliphatic rings. The summed E-state index contributed by atoms with van der Waals surface area (Å²) in [7, 11) is 0. The van der Waals surface area contributed by atoms with E-state index in [0.717, 1.165) is 17.1 Å². The van der Waals surface area contributed by atoms with Crippen molar-refractivity contribution in [2.75, 3.05) is 0 Å². The largest absolute Gasteiger partial charge is 0.478 e. The number of aromatic carboxylic acids is 1. The van der Waals surface area contributed by atoms with Gasteiger partial charge in [0, 0.05) is 18.2 Å². The van der Waals surface area contributed by atoms with Crippen LogP contribution in [0, 0.1) is 19.7 Å². The van der Waals surface area contributed by atoms with E-state index < -0.39 is 11.8 Å². The summed E-state index contributed by atoms with van der Waals surface area (Å²) in [5.74, 6) is -0.262. The molecule has 2 rings (SSSR count). The van der Waals surface area contributed by atoms with Crippen molar-refractivity contribution in [1.82, 2.24) is 5.32 Å². The first-order valence-electron chi connectivity index (χ1n) is 6.70. The molecule has 1 atom stereocenters. The zero-order valence-corrected chi connectivity index (χ0v) is 12.2. The fraction of sp³-hybridized carbons (Fsp3) is 0.312. The summed E-state index contributed by atoms with van der Waals surface area (Å²) < 4.78 is 19.1. The monoisotopic (exact) mass is 291 g/mol. The number of aryl methyl sites for hydroxylation is 2. The molecule has 0 aliphatic carbocycles. The molecule has 1 aromatic heterocycles. The van der Waals surface area contributed by atoms with Crippen LogP contribution in [0.5, 0.6) is 0 Å². The molecule has 112 valence electrons. The van der Waals surface area contributed by atoms with E-state index >= 15 is 0 Å². The van der Waals surface area contributed by atoms with Gasteiger partial charge in [0.15, 0.2) is 0 Å². The van der Waals surface area contributed by atoms with Crippen molar-refractivity contribution in [3.05, 3.63) is 58.3 Å². The van der Waals surface area contributed by atoms with Crippen molar-refractivity contribution in [3.63, 3.8) is 0 Å². The molecule has 21 heavy (non-hydrogen) atoms. The maximum Gasteiger partial charge on any atom is 0.338 e. The predicted molar refractivity (Wildman–Crippen MR) is 76.8 cm³/mol. The lowest BCUT2D eigenvalue weighted by atomic mass is 10.1. The van der Waals surface area contributed by atoms with Crippen LogP contribution in [0.15, 0.2) is 28.7 Å². The Bertz CT molecular complexity index is 664. The molecule has 4 nitrogen and oxygen atoms in total. The van der Waals surface area contributed by atoms with Crippen LogP contribution in [0.25, 0.3) is 0 Å². The van der Waals surface area contributed by atoms with E-state index in [1.165, 1.54) is 12.1 Å². The molecule has 0 fully saturated rings. The third-order valence-corrected chi connectivity index (χ3v) is 3.42. The number of carboxylic acids is 1. The van der Waals surface area contributed by atoms with Crippen molar-refractivity contribution in [1.29, 1.82) is 0 Å². The van der Waals surface area contributed by atoms with E-state index in [4.69, 9.17) is 9.52 Å². The van der Waals surface area contributed by atoms with Crippen LogP contribution in [0.2, 0.25) is 0 Å². The van der Waals surface area contributed by atoms with Crippen LogP contribution in [-0.2, 0) is 6.54 Å². The van der Waals surface area contributed by atoms with Gasteiger partial charge in [-0.1, -0.05) is 6.07 Å². The first kappa shape index (κ1) is 15.3. The SMILES string of the molecule is Cc1cc(C(C)NCc2ccc(C(=O)O)c(F)c2)c(C)o1. The molecule has 0 spiro atoms. The number of carbonyl (C=O) groups is 1. The molecule has 1 unspecified atom stereocenters. The third-order valence-electron chi connectivity index (χ3n) is 3.42. The summed E-state index contributed by atoms with van der Waals surface area (Å²) in [5, 5.41) is 12.1. The van der Waals surface area contributed by atoms with Gasteiger partial charge in [0.25, 0.3) is 0 Å². The Labute approximate surface area is 122 Å². The second kappa shape index (κ2) is 6.10. The van der Waals surface area contributed by atoms with Crippen molar-refractivity contribution in [2.45, 2.75) is 33.4 Å². The molecule has 0 saturated heterocycles. The molecule has 0 saturated carbocycles. The van der Waals surface area contributed by atoms with Gasteiger partial charge in [0.2, 0.25) is 0 Å². The van der Waals surface area contributed by atoms with Gasteiger partial charge in [0.1, 0.15) is 17.3 Å². The third kappa shape index (κ3) is 3.49. The Morgan fingerprint density at radius 1 is 1.38 bits per heavy atom. The molecule has 2 N–H and O–H groups in total. The van der Waals surface area contributed by atoms with Gasteiger partial charge in [-0.2, -0.15) is 0 Å². The average Bonchev–Trinajstić information content (AvgIpc) is 2.74. The number of furan rings is 1. The zero-order valence-electron chi connectivity index (χ0n) is 12.2. The van der Waals surface area contributed by atoms with Crippen molar-refractivity contribution in [2.24, 2.45) is 0 Å². The van der Waals surface area contributed by atoms with Gasteiger partial charge in [-0.3, -0.25) is 0 Å². The standard InChI is InChI=1S/C16H18FNO3/c1-9-6-14(11(3)21-9)10(2)18-8-12-4-5-13(16(19)20)15(17)7-12/h4-7,10,18H,8H2,1-3H3,(H,19,20). The summed E-state index contributed by atoms with van der Waals surface area (Å²) in [6, 6.07) is 6.18. The maximum atomic E-state index is 13.6. The Morgan fingerprint density at radius 2 is 2.10 bits per heavy atom. The van der Waals surface area contributed by atoms with Crippen molar-refractivity contribution < 1.29 is 18.7 Å². The summed E-state index contributed by atoms with van der Waals surface area (Å²) in [6.07, 6.45) is 0. The lowest BCUT2D eigenvalue weighted by molar-refractivity contribution is 0.0692. The van der Waals surface area contributed by atoms with Gasteiger partial charge in [-0.25, -0.2) is 9.18 Å². The Morgan fingerprint density at radius 3 is 2.62 bits per heavy atom. The van der Waals surface area contributed by atoms with Gasteiger partial charge >= 0.3 is 5.97 Å². The topological polar surface area (TPSA) is 62.5 Å². The zero-order chi connectivity index (χ0) is 15.6. The first-order chi connectivity index (χ1) is 9.88. The molecular weight excluding hydrogens is 273 g/mol. The molecular formula is C16H18FNO3. The average molecular weight is 291 g/mol. The van der Waals surface area contributed by atoms with E-state index in [1.807, 2.05) is 26.8 Å². The van der Waals surface area contributed by atoms with Crippen LogP contribution in [0.3, 0.4) is 0 Å². The normalized spacial score (nSPS) is 12.4. The number of nitrogens with one attached hydrogen (secondary N) is 1. The summed E-state index contributed by atoms with van der Waals surface area (Å²) in [6.45, 7) is 6.24. The van der Waals surface area contributed by atoms with Crippen LogP contribution in [0.1, 0.15) is 46.0 Å². The Hall–Kier alpha value is -2.14. The van der Waals surface area contributed by atoms with E-state index in [9.17, 15) is 9.18 Å². The number of hydrogen-bond acceptors (Lipinski definition) is 3. The molecule has 2 aromatic rings. The highest BCUT2D eigenvalue weighted by molar-refractivity contribution is 5.87. The fourth-order valence-electron chi connectivity index (χ4n) is 2.30. The van der Waals surface area contributed by atoms with Crippen LogP contribution < -0.4 is 5.32 Å². The number of halogens is 1. The van der Waals surface area contributed by atoms with Crippen LogP contribution >= 0.6 is 0 Å². The van der Waals surface area contributed by atoms with Gasteiger partial charge in [0.05, 0.1) is 5.56 Å². The minimum atomic E-state index is -1.26. The molecule has 0 aliphatic heterocycles. The molecule has 0 bridgehead atoms. The summed E-state index contributed by atoms with van der Waals surface area (Å²) in [5.41, 5.74) is 1.45. The Kier molecular flexibility index (Phi) is 4.43. The molecule has 0 amide bonds. The van der Waals surface area contributed by atoms with Crippen LogP contribution in [-0.4, -0.2) is 11.1 Å². The second-order valence-corrected chi connectivity index (χ2v) is 5.09. The maximum absolute atomic E-state index is 13.6. The number of rotatable bonds is 5. The van der Waals surface area contributed by atoms with Gasteiger partial charge in [-0.05, 0) is 44.5 Å². The molecule has 1 aromatic carbocycles. The second-order valence-electron chi connectivity index (χ2n) is 5.09.